The standard InChI is InChI=1S/C13H17ClN2O3S.ClH/c1-8(17)10-4-5-11(14)13(6-10)20(18,19)16-12(7-15)9-2-3-9;/h4-6,9,12,16H,2-3,7,15H2,1H3;1H. The highest BCUT2D eigenvalue weighted by Crippen LogP contribution is 2.33. The van der Waals surface area contributed by atoms with Gasteiger partial charge in [0.2, 0.25) is 10.0 Å². The van der Waals surface area contributed by atoms with E-state index >= 15 is 0 Å². The number of nitrogens with one attached hydrogen (secondary N) is 1. The van der Waals surface area contributed by atoms with Gasteiger partial charge in [-0.25, -0.2) is 13.1 Å². The molecule has 0 bridgehead atoms. The van der Waals surface area contributed by atoms with Crippen molar-refractivity contribution in [2.75, 3.05) is 6.54 Å². The van der Waals surface area contributed by atoms with Crippen molar-refractivity contribution in [1.82, 2.24) is 4.72 Å². The lowest BCUT2D eigenvalue weighted by Crippen LogP contribution is -2.41. The Balaban J connectivity index is 0.00000220. The second kappa shape index (κ2) is 7.07. The van der Waals surface area contributed by atoms with Gasteiger partial charge in [-0.1, -0.05) is 11.6 Å². The Morgan fingerprint density at radius 1 is 1.48 bits per heavy atom. The van der Waals surface area contributed by atoms with Gasteiger partial charge in [0.25, 0.3) is 0 Å². The van der Waals surface area contributed by atoms with Gasteiger partial charge in [-0.2, -0.15) is 0 Å². The van der Waals surface area contributed by atoms with Crippen LogP contribution in [-0.2, 0) is 10.0 Å². The number of halogens is 2. The van der Waals surface area contributed by atoms with Crippen molar-refractivity contribution in [3.05, 3.63) is 28.8 Å². The molecule has 1 aromatic rings. The molecule has 1 atom stereocenters. The molecular formula is C13H18Cl2N2O3S. The number of hydrogen-bond donors (Lipinski definition) is 2. The van der Waals surface area contributed by atoms with Gasteiger partial charge in [-0.15, -0.1) is 12.4 Å². The summed E-state index contributed by atoms with van der Waals surface area (Å²) in [5, 5.41) is 0.0917. The summed E-state index contributed by atoms with van der Waals surface area (Å²) in [6, 6.07) is 3.94. The van der Waals surface area contributed by atoms with E-state index in [0.717, 1.165) is 12.8 Å². The Kier molecular flexibility index (Phi) is 6.19. The van der Waals surface area contributed by atoms with E-state index in [1.165, 1.54) is 25.1 Å². The number of ketones is 1. The van der Waals surface area contributed by atoms with Gasteiger partial charge in [0.05, 0.1) is 5.02 Å². The van der Waals surface area contributed by atoms with Crippen LogP contribution >= 0.6 is 24.0 Å². The second-order valence-corrected chi connectivity index (χ2v) is 7.09. The summed E-state index contributed by atoms with van der Waals surface area (Å²) in [4.78, 5) is 11.3. The zero-order valence-corrected chi connectivity index (χ0v) is 13.9. The van der Waals surface area contributed by atoms with Crippen molar-refractivity contribution in [2.45, 2.75) is 30.7 Å². The fourth-order valence-corrected chi connectivity index (χ4v) is 3.87. The smallest absolute Gasteiger partial charge is 0.242 e. The molecule has 0 heterocycles. The molecule has 0 aliphatic heterocycles. The molecule has 0 spiro atoms. The predicted molar refractivity (Wildman–Crippen MR) is 84.6 cm³/mol. The van der Waals surface area contributed by atoms with Crippen LogP contribution < -0.4 is 10.5 Å². The minimum atomic E-state index is -3.78. The average Bonchev–Trinajstić information content (AvgIpc) is 3.20. The van der Waals surface area contributed by atoms with E-state index in [9.17, 15) is 13.2 Å². The first-order chi connectivity index (χ1) is 9.35. The highest BCUT2D eigenvalue weighted by molar-refractivity contribution is 7.89. The minimum absolute atomic E-state index is 0. The van der Waals surface area contributed by atoms with E-state index in [1.54, 1.807) is 0 Å². The molecule has 0 saturated heterocycles. The lowest BCUT2D eigenvalue weighted by Gasteiger charge is -2.17. The van der Waals surface area contributed by atoms with Crippen LogP contribution in [0.3, 0.4) is 0 Å². The summed E-state index contributed by atoms with van der Waals surface area (Å²) in [6.07, 6.45) is 1.96. The molecule has 118 valence electrons. The fourth-order valence-electron chi connectivity index (χ4n) is 2.03. The number of hydrogen-bond acceptors (Lipinski definition) is 4. The minimum Gasteiger partial charge on any atom is -0.329 e. The van der Waals surface area contributed by atoms with E-state index in [2.05, 4.69) is 4.72 Å². The third-order valence-electron chi connectivity index (χ3n) is 3.38. The van der Waals surface area contributed by atoms with Gasteiger partial charge in [0, 0.05) is 18.2 Å². The van der Waals surface area contributed by atoms with Gasteiger partial charge >= 0.3 is 0 Å². The molecule has 0 aromatic heterocycles. The number of benzene rings is 1. The van der Waals surface area contributed by atoms with Crippen LogP contribution in [0, 0.1) is 5.92 Å². The molecule has 1 fully saturated rings. The Labute approximate surface area is 135 Å². The number of Topliss-reactive ketones (excluding diaryl/α,β-unsaturated/α-hetero) is 1. The third kappa shape index (κ3) is 4.40. The molecular weight excluding hydrogens is 335 g/mol. The molecule has 8 heteroatoms. The van der Waals surface area contributed by atoms with Gasteiger partial charge in [-0.3, -0.25) is 4.79 Å². The van der Waals surface area contributed by atoms with Crippen LogP contribution in [0.15, 0.2) is 23.1 Å². The second-order valence-electron chi connectivity index (χ2n) is 5.00. The van der Waals surface area contributed by atoms with Gasteiger partial charge < -0.3 is 5.73 Å². The summed E-state index contributed by atoms with van der Waals surface area (Å²) in [5.41, 5.74) is 5.91. The Hall–Kier alpha value is -0.660. The van der Waals surface area contributed by atoms with E-state index in [-0.39, 0.29) is 40.7 Å². The normalized spacial score (nSPS) is 16.1. The van der Waals surface area contributed by atoms with E-state index in [4.69, 9.17) is 17.3 Å². The predicted octanol–water partition coefficient (Wildman–Crippen LogP) is 1.98. The monoisotopic (exact) mass is 352 g/mol. The zero-order valence-electron chi connectivity index (χ0n) is 11.5. The van der Waals surface area contributed by atoms with Crippen molar-refractivity contribution in [3.8, 4) is 0 Å². The van der Waals surface area contributed by atoms with Crippen LogP contribution in [0.5, 0.6) is 0 Å². The Bertz CT molecular complexity index is 630. The Morgan fingerprint density at radius 3 is 2.57 bits per heavy atom. The first-order valence-electron chi connectivity index (χ1n) is 6.38. The summed E-state index contributed by atoms with van der Waals surface area (Å²) in [6.45, 7) is 1.62. The van der Waals surface area contributed by atoms with Crippen molar-refractivity contribution in [3.63, 3.8) is 0 Å². The molecule has 1 unspecified atom stereocenters. The molecule has 1 aromatic carbocycles. The molecule has 0 radical (unpaired) electrons. The maximum absolute atomic E-state index is 12.4. The summed E-state index contributed by atoms with van der Waals surface area (Å²) < 4.78 is 27.3. The lowest BCUT2D eigenvalue weighted by atomic mass is 10.1. The van der Waals surface area contributed by atoms with E-state index < -0.39 is 10.0 Å². The maximum atomic E-state index is 12.4. The first kappa shape index (κ1) is 18.4. The molecule has 1 aliphatic carbocycles. The van der Waals surface area contributed by atoms with Crippen LogP contribution in [-0.4, -0.2) is 26.8 Å². The highest BCUT2D eigenvalue weighted by atomic mass is 35.5. The summed E-state index contributed by atoms with van der Waals surface area (Å²) in [7, 11) is -3.78. The first-order valence-corrected chi connectivity index (χ1v) is 8.24. The van der Waals surface area contributed by atoms with Gasteiger partial charge in [0.1, 0.15) is 4.90 Å². The summed E-state index contributed by atoms with van der Waals surface area (Å²) >= 11 is 5.95. The number of sulfonamides is 1. The largest absolute Gasteiger partial charge is 0.329 e. The topological polar surface area (TPSA) is 89.3 Å². The molecule has 5 nitrogen and oxygen atoms in total. The van der Waals surface area contributed by atoms with Crippen LogP contribution in [0.2, 0.25) is 5.02 Å². The fraction of sp³-hybridized carbons (Fsp3) is 0.462. The van der Waals surface area contributed by atoms with E-state index in [1.807, 2.05) is 0 Å². The number of carbonyl (C=O) groups excluding carboxylic acids is 1. The number of nitrogens with two attached hydrogens (primary N) is 1. The maximum Gasteiger partial charge on any atom is 0.242 e. The molecule has 2 rings (SSSR count). The number of rotatable bonds is 6. The Morgan fingerprint density at radius 2 is 2.10 bits per heavy atom. The van der Waals surface area contributed by atoms with Crippen LogP contribution in [0.1, 0.15) is 30.1 Å². The van der Waals surface area contributed by atoms with Crippen LogP contribution in [0.4, 0.5) is 0 Å². The van der Waals surface area contributed by atoms with Gasteiger partial charge in [-0.05, 0) is 43.9 Å². The zero-order chi connectivity index (χ0) is 14.9. The lowest BCUT2D eigenvalue weighted by molar-refractivity contribution is 0.101. The molecule has 1 aliphatic rings. The van der Waals surface area contributed by atoms with E-state index in [0.29, 0.717) is 11.5 Å². The SMILES string of the molecule is CC(=O)c1ccc(Cl)c(S(=O)(=O)NC(CN)C2CC2)c1.Cl. The highest BCUT2D eigenvalue weighted by Gasteiger charge is 2.34. The number of carbonyl (C=O) groups is 1. The molecule has 3 N–H and O–H groups in total. The quantitative estimate of drug-likeness (QED) is 0.766. The molecule has 0 amide bonds. The third-order valence-corrected chi connectivity index (χ3v) is 5.35. The van der Waals surface area contributed by atoms with Crippen molar-refractivity contribution >= 4 is 39.8 Å². The summed E-state index contributed by atoms with van der Waals surface area (Å²) in [5.74, 6) is 0.0835. The van der Waals surface area contributed by atoms with Gasteiger partial charge in [0.15, 0.2) is 5.78 Å². The molecule has 1 saturated carbocycles. The average molecular weight is 353 g/mol. The van der Waals surface area contributed by atoms with Crippen LogP contribution in [0.25, 0.3) is 0 Å². The van der Waals surface area contributed by atoms with Crippen molar-refractivity contribution < 1.29 is 13.2 Å². The van der Waals surface area contributed by atoms with Crippen molar-refractivity contribution in [1.29, 1.82) is 0 Å². The molecule has 21 heavy (non-hydrogen) atoms. The van der Waals surface area contributed by atoms with Crippen molar-refractivity contribution in [2.24, 2.45) is 11.7 Å².